The Kier molecular flexibility index (Phi) is 5.21. The molecule has 0 aliphatic rings. The minimum absolute atomic E-state index is 0.0284. The van der Waals surface area contributed by atoms with Gasteiger partial charge in [-0.2, -0.15) is 0 Å². The predicted molar refractivity (Wildman–Crippen MR) is 86.7 cm³/mol. The zero-order chi connectivity index (χ0) is 16.8. The summed E-state index contributed by atoms with van der Waals surface area (Å²) in [6, 6.07) is 8.59. The van der Waals surface area contributed by atoms with Gasteiger partial charge < -0.3 is 24.1 Å². The zero-order valence-electron chi connectivity index (χ0n) is 13.5. The molecule has 2 aromatic rings. The maximum absolute atomic E-state index is 9.95. The van der Waals surface area contributed by atoms with E-state index >= 15 is 0 Å². The Morgan fingerprint density at radius 1 is 0.696 bits per heavy atom. The second-order valence-corrected chi connectivity index (χ2v) is 4.58. The van der Waals surface area contributed by atoms with Crippen LogP contribution in [-0.4, -0.2) is 33.5 Å². The van der Waals surface area contributed by atoms with E-state index in [2.05, 4.69) is 11.8 Å². The molecule has 0 saturated heterocycles. The maximum Gasteiger partial charge on any atom is 0.203 e. The van der Waals surface area contributed by atoms with E-state index in [4.69, 9.17) is 18.9 Å². The van der Waals surface area contributed by atoms with Gasteiger partial charge in [0, 0.05) is 17.2 Å². The topological polar surface area (TPSA) is 57.2 Å². The molecule has 0 spiro atoms. The zero-order valence-corrected chi connectivity index (χ0v) is 13.5. The van der Waals surface area contributed by atoms with E-state index in [1.165, 1.54) is 20.3 Å². The molecular formula is C18H18O5. The average molecular weight is 314 g/mol. The fourth-order valence-electron chi connectivity index (χ4n) is 2.04. The monoisotopic (exact) mass is 314 g/mol. The van der Waals surface area contributed by atoms with Gasteiger partial charge in [-0.1, -0.05) is 11.8 Å². The number of aromatic hydroxyl groups is 1. The minimum Gasteiger partial charge on any atom is -0.504 e. The molecule has 120 valence electrons. The van der Waals surface area contributed by atoms with E-state index in [0.29, 0.717) is 22.8 Å². The number of ether oxygens (including phenoxy) is 4. The van der Waals surface area contributed by atoms with Crippen LogP contribution >= 0.6 is 0 Å². The Hall–Kier alpha value is -3.00. The second-order valence-electron chi connectivity index (χ2n) is 4.58. The number of phenolic OH excluding ortho intramolecular Hbond substituents is 1. The van der Waals surface area contributed by atoms with Crippen molar-refractivity contribution in [1.29, 1.82) is 0 Å². The molecular weight excluding hydrogens is 296 g/mol. The Bertz CT molecular complexity index is 734. The van der Waals surface area contributed by atoms with Gasteiger partial charge in [0.2, 0.25) is 5.75 Å². The van der Waals surface area contributed by atoms with Crippen LogP contribution < -0.4 is 18.9 Å². The summed E-state index contributed by atoms with van der Waals surface area (Å²) in [5, 5.41) is 9.95. The SMILES string of the molecule is COc1cc(C#Cc2cc(O)c(OC)c(OC)c2)cc(OC)c1. The van der Waals surface area contributed by atoms with Crippen molar-refractivity contribution in [2.24, 2.45) is 0 Å². The summed E-state index contributed by atoms with van der Waals surface area (Å²) >= 11 is 0. The molecule has 0 aliphatic heterocycles. The smallest absolute Gasteiger partial charge is 0.203 e. The van der Waals surface area contributed by atoms with E-state index in [0.717, 1.165) is 5.56 Å². The standard InChI is InChI=1S/C18H18O5/c1-20-14-7-12(8-15(11-14)21-2)5-6-13-9-16(19)18(23-4)17(10-13)22-3/h7-11,19H,1-4H3. The van der Waals surface area contributed by atoms with Crippen molar-refractivity contribution in [3.8, 4) is 40.6 Å². The highest BCUT2D eigenvalue weighted by Gasteiger charge is 2.10. The Balaban J connectivity index is 2.41. The predicted octanol–water partition coefficient (Wildman–Crippen LogP) is 2.83. The molecule has 0 fully saturated rings. The number of hydrogen-bond donors (Lipinski definition) is 1. The Morgan fingerprint density at radius 3 is 1.74 bits per heavy atom. The molecule has 2 aromatic carbocycles. The molecule has 5 heteroatoms. The van der Waals surface area contributed by atoms with Gasteiger partial charge in [-0.3, -0.25) is 0 Å². The van der Waals surface area contributed by atoms with Gasteiger partial charge in [0.1, 0.15) is 11.5 Å². The van der Waals surface area contributed by atoms with E-state index < -0.39 is 0 Å². The van der Waals surface area contributed by atoms with Crippen molar-refractivity contribution < 1.29 is 24.1 Å². The lowest BCUT2D eigenvalue weighted by Crippen LogP contribution is -1.92. The maximum atomic E-state index is 9.95. The van der Waals surface area contributed by atoms with E-state index in [-0.39, 0.29) is 11.5 Å². The van der Waals surface area contributed by atoms with E-state index in [1.54, 1.807) is 38.5 Å². The Morgan fingerprint density at radius 2 is 1.26 bits per heavy atom. The molecule has 0 bridgehead atoms. The molecule has 0 aliphatic carbocycles. The van der Waals surface area contributed by atoms with E-state index in [1.807, 2.05) is 0 Å². The summed E-state index contributed by atoms with van der Waals surface area (Å²) in [6.07, 6.45) is 0. The highest BCUT2D eigenvalue weighted by molar-refractivity contribution is 5.58. The van der Waals surface area contributed by atoms with Crippen LogP contribution in [0.2, 0.25) is 0 Å². The van der Waals surface area contributed by atoms with Gasteiger partial charge in [-0.05, 0) is 24.3 Å². The summed E-state index contributed by atoms with van der Waals surface area (Å²) in [5.74, 6) is 7.96. The fraction of sp³-hybridized carbons (Fsp3) is 0.222. The van der Waals surface area contributed by atoms with Gasteiger partial charge >= 0.3 is 0 Å². The first-order valence-electron chi connectivity index (χ1n) is 6.81. The second kappa shape index (κ2) is 7.32. The molecule has 0 atom stereocenters. The normalized spacial score (nSPS) is 9.57. The first kappa shape index (κ1) is 16.4. The van der Waals surface area contributed by atoms with Crippen LogP contribution in [-0.2, 0) is 0 Å². The largest absolute Gasteiger partial charge is 0.504 e. The summed E-state index contributed by atoms with van der Waals surface area (Å²) in [7, 11) is 6.13. The molecule has 0 aromatic heterocycles. The third-order valence-corrected chi connectivity index (χ3v) is 3.16. The lowest BCUT2D eigenvalue weighted by molar-refractivity contribution is 0.333. The Labute approximate surface area is 135 Å². The van der Waals surface area contributed by atoms with Crippen LogP contribution in [0.25, 0.3) is 0 Å². The van der Waals surface area contributed by atoms with Crippen LogP contribution in [0, 0.1) is 11.8 Å². The molecule has 0 heterocycles. The molecule has 0 saturated carbocycles. The van der Waals surface area contributed by atoms with Crippen molar-refractivity contribution in [1.82, 2.24) is 0 Å². The molecule has 0 unspecified atom stereocenters. The lowest BCUT2D eigenvalue weighted by atomic mass is 10.1. The minimum atomic E-state index is -0.0284. The van der Waals surface area contributed by atoms with Crippen molar-refractivity contribution in [2.75, 3.05) is 28.4 Å². The highest BCUT2D eigenvalue weighted by atomic mass is 16.5. The average Bonchev–Trinajstić information content (AvgIpc) is 2.58. The lowest BCUT2D eigenvalue weighted by Gasteiger charge is -2.09. The third-order valence-electron chi connectivity index (χ3n) is 3.16. The number of benzene rings is 2. The van der Waals surface area contributed by atoms with Crippen LogP contribution in [0.5, 0.6) is 28.7 Å². The van der Waals surface area contributed by atoms with Gasteiger partial charge in [0.25, 0.3) is 0 Å². The number of methoxy groups -OCH3 is 4. The molecule has 1 N–H and O–H groups in total. The van der Waals surface area contributed by atoms with Gasteiger partial charge in [-0.25, -0.2) is 0 Å². The first-order chi connectivity index (χ1) is 11.1. The van der Waals surface area contributed by atoms with Crippen molar-refractivity contribution in [3.05, 3.63) is 41.5 Å². The van der Waals surface area contributed by atoms with Crippen LogP contribution in [0.15, 0.2) is 30.3 Å². The number of phenols is 1. The third kappa shape index (κ3) is 3.80. The van der Waals surface area contributed by atoms with Crippen LogP contribution in [0.1, 0.15) is 11.1 Å². The highest BCUT2D eigenvalue weighted by Crippen LogP contribution is 2.37. The van der Waals surface area contributed by atoms with Crippen LogP contribution in [0.4, 0.5) is 0 Å². The van der Waals surface area contributed by atoms with Crippen molar-refractivity contribution in [2.45, 2.75) is 0 Å². The fourth-order valence-corrected chi connectivity index (χ4v) is 2.04. The van der Waals surface area contributed by atoms with Crippen molar-refractivity contribution in [3.63, 3.8) is 0 Å². The van der Waals surface area contributed by atoms with Gasteiger partial charge in [-0.15, -0.1) is 0 Å². The summed E-state index contributed by atoms with van der Waals surface area (Å²) < 4.78 is 20.7. The molecule has 0 amide bonds. The van der Waals surface area contributed by atoms with Gasteiger partial charge in [0.15, 0.2) is 11.5 Å². The molecule has 5 nitrogen and oxygen atoms in total. The van der Waals surface area contributed by atoms with Crippen LogP contribution in [0.3, 0.4) is 0 Å². The first-order valence-corrected chi connectivity index (χ1v) is 6.81. The molecule has 0 radical (unpaired) electrons. The van der Waals surface area contributed by atoms with E-state index in [9.17, 15) is 5.11 Å². The molecule has 23 heavy (non-hydrogen) atoms. The summed E-state index contributed by atoms with van der Waals surface area (Å²) in [6.45, 7) is 0. The number of hydrogen-bond acceptors (Lipinski definition) is 5. The quantitative estimate of drug-likeness (QED) is 0.880. The molecule has 2 rings (SSSR count). The van der Waals surface area contributed by atoms with Gasteiger partial charge in [0.05, 0.1) is 28.4 Å². The summed E-state index contributed by atoms with van der Waals surface area (Å²) in [5.41, 5.74) is 1.33. The van der Waals surface area contributed by atoms with Crippen molar-refractivity contribution >= 4 is 0 Å². The summed E-state index contributed by atoms with van der Waals surface area (Å²) in [4.78, 5) is 0. The number of rotatable bonds is 4.